The zero-order chi connectivity index (χ0) is 76.6. The first kappa shape index (κ1) is 89.4. The summed E-state index contributed by atoms with van der Waals surface area (Å²) in [6.45, 7) is -8.38. The van der Waals surface area contributed by atoms with E-state index in [0.717, 1.165) is 12.1 Å². The maximum atomic E-state index is 12.2. The van der Waals surface area contributed by atoms with E-state index >= 15 is 0 Å². The molecular formula is C62H87NNa2O43. The van der Waals surface area contributed by atoms with Crippen molar-refractivity contribution in [3.63, 3.8) is 0 Å². The molecule has 30 aliphatic heterocycles. The third-order valence-corrected chi connectivity index (χ3v) is 19.7. The first-order valence-electron chi connectivity index (χ1n) is 33.6. The second kappa shape index (κ2) is 38.9. The van der Waals surface area contributed by atoms with Gasteiger partial charge < -0.3 is 218 Å². The molecule has 32 rings (SSSR count). The van der Waals surface area contributed by atoms with Gasteiger partial charge in [-0.15, -0.1) is 0 Å². The smallest absolute Gasteiger partial charge is 0.545 e. The van der Waals surface area contributed by atoms with Crippen molar-refractivity contribution in [1.82, 2.24) is 0 Å². The molecule has 0 aliphatic carbocycles. The molecule has 108 heavy (non-hydrogen) atoms. The largest absolute Gasteiger partial charge is 1.00 e. The van der Waals surface area contributed by atoms with Crippen LogP contribution in [0.2, 0.25) is 0 Å². The van der Waals surface area contributed by atoms with E-state index in [-0.39, 0.29) is 70.6 Å². The predicted molar refractivity (Wildman–Crippen MR) is 322 cm³/mol. The minimum Gasteiger partial charge on any atom is -0.545 e. The van der Waals surface area contributed by atoms with Gasteiger partial charge >= 0.3 is 59.1 Å². The molecule has 16 bridgehead atoms. The standard InChI is InChI=1S/C62H89NO43.2Na/c64-10-22-46-31(72)39(80)57(93-22)104-50-26(14-68)97-61(43(84)35(50)76)106-52-28(16-90-20-8-4-2-6-18(20)54(88)89)98-62(44(85)36(52)77)105-51-27(15-69)96-60(42(83)34(51)75)103-49-25(13-67)95-59(41(82)33(49)74)102-48-24(12-66)94-58(40(81)32(48)73)101-47-23(11-65)92-56(38(79)30(47)71)99-45-21(91-55(100-46)37(78)29(45)70)9-63-19-7-3-1-5-17(19)53(86)87;;/h1-8,21-52,55-85H,9-16H2,(H,86,87)(H,88,89);;/q;2*+1/p-2/t21-,22-,23-,24-,25-,26-,27-,28-,29-,30-,31+,32-,33-,34+,35+,36-,37-,38-,39+,40-,41-,42+,43+,44-,45-,46-,47-,48-,49-,50-,51-,52-,55-,56-,57-,58-,59-,60-,61-,62-;;/m1../s1. The third-order valence-electron chi connectivity index (χ3n) is 19.7. The molecule has 2 aromatic rings. The van der Waals surface area contributed by atoms with E-state index in [1.807, 2.05) is 0 Å². The Morgan fingerprint density at radius 2 is 0.509 bits per heavy atom. The van der Waals surface area contributed by atoms with Crippen molar-refractivity contribution >= 4 is 17.6 Å². The van der Waals surface area contributed by atoms with E-state index < -0.39 is 322 Å². The Morgan fingerprint density at radius 1 is 0.296 bits per heavy atom. The summed E-state index contributed by atoms with van der Waals surface area (Å²) >= 11 is 0. The van der Waals surface area contributed by atoms with E-state index in [0.29, 0.717) is 0 Å². The number of aliphatic hydroxyl groups is 22. The minimum atomic E-state index is -2.36. The number of aromatic carboxylic acids is 2. The molecular weight excluding hydrogens is 1490 g/mol. The third kappa shape index (κ3) is 18.6. The molecule has 46 heteroatoms. The predicted octanol–water partition coefficient (Wildman–Crippen LogP) is -22.5. The maximum Gasteiger partial charge on any atom is 1.00 e. The van der Waals surface area contributed by atoms with Crippen molar-refractivity contribution in [2.24, 2.45) is 0 Å². The topological polar surface area (TPSA) is 694 Å². The fraction of sp³-hybridized carbons (Fsp3) is 0.774. The molecule has 0 unspecified atom stereocenters. The summed E-state index contributed by atoms with van der Waals surface area (Å²) in [5, 5.41) is 278. The number of ether oxygens (including phenoxy) is 17. The fourth-order valence-corrected chi connectivity index (χ4v) is 13.9. The zero-order valence-corrected chi connectivity index (χ0v) is 61.3. The van der Waals surface area contributed by atoms with E-state index in [2.05, 4.69) is 5.32 Å². The van der Waals surface area contributed by atoms with Gasteiger partial charge in [0.25, 0.3) is 0 Å². The Kier molecular flexibility index (Phi) is 32.2. The number of aliphatic hydroxyl groups excluding tert-OH is 22. The molecule has 0 amide bonds. The Morgan fingerprint density at radius 3 is 0.769 bits per heavy atom. The monoisotopic (exact) mass is 1580 g/mol. The number of anilines is 1. The number of benzene rings is 2. The number of para-hydroxylation sites is 2. The van der Waals surface area contributed by atoms with Crippen LogP contribution in [-0.4, -0.2) is 423 Å². The number of carboxylic acids is 2. The molecule has 0 spiro atoms. The molecule has 30 saturated heterocycles. The molecule has 600 valence electrons. The number of carboxylic acid groups (broad SMARTS) is 2. The quantitative estimate of drug-likeness (QED) is 0.0781. The summed E-state index contributed by atoms with van der Waals surface area (Å²) in [5.41, 5.74) is -1.07. The molecule has 40 atom stereocenters. The summed E-state index contributed by atoms with van der Waals surface area (Å²) in [7, 11) is 0. The van der Waals surface area contributed by atoms with Crippen LogP contribution < -0.4 is 79.4 Å². The first-order chi connectivity index (χ1) is 50.6. The second-order valence-electron chi connectivity index (χ2n) is 26.4. The number of rotatable bonds is 14. The van der Waals surface area contributed by atoms with Gasteiger partial charge in [0.15, 0.2) is 50.3 Å². The van der Waals surface area contributed by atoms with Gasteiger partial charge in [-0.05, 0) is 18.2 Å². The Labute approximate surface area is 654 Å². The summed E-state index contributed by atoms with van der Waals surface area (Å²) in [5.74, 6) is -3.79. The number of hydrogen-bond donors (Lipinski definition) is 23. The molecule has 0 saturated carbocycles. The summed E-state index contributed by atoms with van der Waals surface area (Å²) in [6.07, 6.45) is -85.3. The van der Waals surface area contributed by atoms with Crippen LogP contribution in [0.15, 0.2) is 48.5 Å². The van der Waals surface area contributed by atoms with Gasteiger partial charge in [-0.3, -0.25) is 0 Å². The SMILES string of the molecule is O=C([O-])c1ccccc1NC[C@H]1O[C@@H]2O[C@H]3[C@@H](O)[C@H](O)[C@@H](O[C@H]4[C@@H](O)[C@H](O)[C@@H](O[C@H]5[C@H](O)[C@@H](O)[C@@H](O[C@H]6[C@@H](O)[C@H](O)[C@@H](O[C@H]7[C@H](O)[C@@H](O)[C@@H](O[C@H]8[C@H](O)[C@@H](O)[C@@H](O[C@H]9[C@H](O)[C@@H](O)[C@@H](O[C@H]1[C@H](O)[C@H]2O)O[C@@H]9CO)O[C@@H]8CO)O[C@@H]7CO)O[C@@H]6CO)O[C@@H]5COc1ccccc1C(=O)[O-])O[C@@H]4CO)O[C@@H]3CO.[Na+].[Na+]. The van der Waals surface area contributed by atoms with Crippen LogP contribution >= 0.6 is 0 Å². The first-order valence-corrected chi connectivity index (χ1v) is 33.6. The van der Waals surface area contributed by atoms with Gasteiger partial charge in [0.2, 0.25) is 0 Å². The second-order valence-corrected chi connectivity index (χ2v) is 26.4. The molecule has 44 nitrogen and oxygen atoms in total. The normalized spacial score (nSPS) is 46.9. The van der Waals surface area contributed by atoms with Crippen LogP contribution in [0.25, 0.3) is 0 Å². The number of carbonyl (C=O) groups is 2. The van der Waals surface area contributed by atoms with Crippen molar-refractivity contribution in [2.45, 2.75) is 246 Å². The number of nitrogens with one attached hydrogen (secondary N) is 1. The summed E-state index contributed by atoms with van der Waals surface area (Å²) in [6, 6.07) is 10.1. The van der Waals surface area contributed by atoms with E-state index in [9.17, 15) is 132 Å². The molecule has 0 aromatic heterocycles. The van der Waals surface area contributed by atoms with Gasteiger partial charge in [-0.1, -0.05) is 30.3 Å². The van der Waals surface area contributed by atoms with Gasteiger partial charge in [0.1, 0.15) is 208 Å². The van der Waals surface area contributed by atoms with Crippen molar-refractivity contribution in [3.05, 3.63) is 59.7 Å². The van der Waals surface area contributed by atoms with Crippen LogP contribution in [0.5, 0.6) is 5.75 Å². The van der Waals surface area contributed by atoms with Crippen molar-refractivity contribution in [1.29, 1.82) is 0 Å². The van der Waals surface area contributed by atoms with E-state index in [4.69, 9.17) is 80.5 Å². The van der Waals surface area contributed by atoms with Crippen molar-refractivity contribution in [2.75, 3.05) is 58.1 Å². The number of hydrogen-bond acceptors (Lipinski definition) is 44. The molecule has 2 aromatic carbocycles. The van der Waals surface area contributed by atoms with Crippen molar-refractivity contribution < 1.29 is 272 Å². The van der Waals surface area contributed by atoms with Crippen LogP contribution in [0.4, 0.5) is 5.69 Å². The zero-order valence-electron chi connectivity index (χ0n) is 57.3. The maximum absolute atomic E-state index is 12.2. The van der Waals surface area contributed by atoms with Gasteiger partial charge in [-0.25, -0.2) is 0 Å². The van der Waals surface area contributed by atoms with E-state index in [1.54, 1.807) is 0 Å². The van der Waals surface area contributed by atoms with Gasteiger partial charge in [0.05, 0.1) is 51.6 Å². The average Bonchev–Trinajstić information content (AvgIpc) is 0.774. The molecule has 0 radical (unpaired) electrons. The molecule has 30 heterocycles. The average molecular weight is 1580 g/mol. The Bertz CT molecular complexity index is 3090. The molecule has 23 N–H and O–H groups in total. The van der Waals surface area contributed by atoms with Crippen LogP contribution in [-0.2, 0) is 75.8 Å². The van der Waals surface area contributed by atoms with E-state index in [1.165, 1.54) is 36.4 Å². The summed E-state index contributed by atoms with van der Waals surface area (Å²) < 4.78 is 99.6. The Hall–Kier alpha value is -2.54. The summed E-state index contributed by atoms with van der Waals surface area (Å²) in [4.78, 5) is 24.3. The van der Waals surface area contributed by atoms with Gasteiger partial charge in [0, 0.05) is 23.4 Å². The minimum absolute atomic E-state index is 0. The molecule has 30 aliphatic rings. The van der Waals surface area contributed by atoms with Crippen LogP contribution in [0.1, 0.15) is 20.7 Å². The van der Waals surface area contributed by atoms with Gasteiger partial charge in [-0.2, -0.15) is 0 Å². The molecule has 30 fully saturated rings. The Balaban J connectivity index is 0.00000673. The van der Waals surface area contributed by atoms with Crippen LogP contribution in [0.3, 0.4) is 0 Å². The van der Waals surface area contributed by atoms with Crippen molar-refractivity contribution in [3.8, 4) is 5.75 Å². The number of carbonyl (C=O) groups excluding carboxylic acids is 2. The van der Waals surface area contributed by atoms with Crippen LogP contribution in [0, 0.1) is 0 Å². The fourth-order valence-electron chi connectivity index (χ4n) is 13.9.